The summed E-state index contributed by atoms with van der Waals surface area (Å²) in [5.74, 6) is 0.136. The molecule has 0 radical (unpaired) electrons. The summed E-state index contributed by atoms with van der Waals surface area (Å²) in [6, 6.07) is 8.40. The van der Waals surface area contributed by atoms with E-state index in [1.807, 2.05) is 57.3 Å². The lowest BCUT2D eigenvalue weighted by Gasteiger charge is -2.48. The van der Waals surface area contributed by atoms with Crippen molar-refractivity contribution in [2.24, 2.45) is 7.05 Å². The zero-order chi connectivity index (χ0) is 20.0. The van der Waals surface area contributed by atoms with Crippen molar-refractivity contribution >= 4 is 34.1 Å². The number of nitrogens with zero attached hydrogens (tertiary/aromatic N) is 5. The second-order valence-electron chi connectivity index (χ2n) is 7.70. The summed E-state index contributed by atoms with van der Waals surface area (Å²) in [6.07, 6.45) is 3.60. The predicted molar refractivity (Wildman–Crippen MR) is 112 cm³/mol. The number of fused-ring (bicyclic) bond motifs is 1. The maximum Gasteiger partial charge on any atom is 0.282 e. The van der Waals surface area contributed by atoms with E-state index in [2.05, 4.69) is 9.88 Å². The van der Waals surface area contributed by atoms with Gasteiger partial charge in [-0.2, -0.15) is 0 Å². The minimum absolute atomic E-state index is 0.0287. The van der Waals surface area contributed by atoms with Crippen LogP contribution in [0.4, 0.5) is 0 Å². The zero-order valence-electron chi connectivity index (χ0n) is 16.3. The number of amides is 2. The number of likely N-dealkylation sites (tertiary alicyclic amines) is 1. The fourth-order valence-electron chi connectivity index (χ4n) is 4.29. The third-order valence-corrected chi connectivity index (χ3v) is 6.77. The van der Waals surface area contributed by atoms with Gasteiger partial charge in [0.2, 0.25) is 0 Å². The number of carbonyl (C=O) groups is 2. The largest absolute Gasteiger partial charge is 0.350 e. The van der Waals surface area contributed by atoms with Gasteiger partial charge >= 0.3 is 0 Å². The lowest BCUT2D eigenvalue weighted by atomic mass is 10.0. The van der Waals surface area contributed by atoms with Crippen molar-refractivity contribution in [2.75, 3.05) is 39.3 Å². The van der Waals surface area contributed by atoms with Crippen LogP contribution in [0.1, 0.15) is 20.2 Å². The molecule has 0 spiro atoms. The molecule has 2 aliphatic rings. The highest BCUT2D eigenvalue weighted by Crippen LogP contribution is 2.25. The highest BCUT2D eigenvalue weighted by molar-refractivity contribution is 7.11. The molecule has 0 aliphatic carbocycles. The van der Waals surface area contributed by atoms with Gasteiger partial charge in [0.15, 0.2) is 5.01 Å². The molecule has 2 aromatic heterocycles. The van der Waals surface area contributed by atoms with E-state index in [0.717, 1.165) is 42.6 Å². The number of aromatic nitrogens is 2. The molecule has 2 saturated heterocycles. The van der Waals surface area contributed by atoms with Crippen LogP contribution in [0.3, 0.4) is 0 Å². The van der Waals surface area contributed by atoms with Crippen molar-refractivity contribution in [2.45, 2.75) is 6.04 Å². The van der Waals surface area contributed by atoms with Gasteiger partial charge < -0.3 is 14.4 Å². The zero-order valence-corrected chi connectivity index (χ0v) is 17.1. The normalized spacial score (nSPS) is 18.2. The van der Waals surface area contributed by atoms with Crippen molar-refractivity contribution in [1.29, 1.82) is 0 Å². The Bertz CT molecular complexity index is 1050. The second-order valence-corrected chi connectivity index (χ2v) is 8.59. The molecule has 0 unspecified atom stereocenters. The fourth-order valence-corrected chi connectivity index (χ4v) is 4.89. The summed E-state index contributed by atoms with van der Waals surface area (Å²) in [7, 11) is 1.98. The Balaban J connectivity index is 1.17. The first-order valence-corrected chi connectivity index (χ1v) is 10.8. The summed E-state index contributed by atoms with van der Waals surface area (Å²) in [4.78, 5) is 35.8. The maximum absolute atomic E-state index is 13.0. The molecule has 29 heavy (non-hydrogen) atoms. The molecule has 0 saturated carbocycles. The molecular formula is C21H23N5O2S. The molecule has 7 nitrogen and oxygen atoms in total. The van der Waals surface area contributed by atoms with Crippen LogP contribution in [-0.4, -0.2) is 81.4 Å². The number of hydrogen-bond acceptors (Lipinski definition) is 5. The molecule has 5 rings (SSSR count). The van der Waals surface area contributed by atoms with Crippen LogP contribution in [0.25, 0.3) is 10.9 Å². The molecule has 0 N–H and O–H groups in total. The number of thiazole rings is 1. The van der Waals surface area contributed by atoms with E-state index < -0.39 is 0 Å². The van der Waals surface area contributed by atoms with Crippen LogP contribution >= 0.6 is 11.3 Å². The summed E-state index contributed by atoms with van der Waals surface area (Å²) in [5.41, 5.74) is 1.86. The molecular weight excluding hydrogens is 386 g/mol. The van der Waals surface area contributed by atoms with Crippen LogP contribution in [0.15, 0.2) is 42.0 Å². The van der Waals surface area contributed by atoms with Gasteiger partial charge in [-0.25, -0.2) is 4.98 Å². The van der Waals surface area contributed by atoms with Crippen LogP contribution in [0, 0.1) is 0 Å². The van der Waals surface area contributed by atoms with Gasteiger partial charge in [-0.05, 0) is 6.07 Å². The van der Waals surface area contributed by atoms with Crippen molar-refractivity contribution in [3.8, 4) is 0 Å². The molecule has 8 heteroatoms. The maximum atomic E-state index is 13.0. The number of rotatable bonds is 3. The van der Waals surface area contributed by atoms with E-state index in [1.54, 1.807) is 6.20 Å². The predicted octanol–water partition coefficient (Wildman–Crippen LogP) is 1.92. The molecule has 2 amide bonds. The van der Waals surface area contributed by atoms with Crippen molar-refractivity contribution in [3.05, 3.63) is 52.6 Å². The van der Waals surface area contributed by atoms with Crippen LogP contribution < -0.4 is 0 Å². The minimum atomic E-state index is 0.0287. The third-order valence-electron chi connectivity index (χ3n) is 6.01. The molecule has 0 atom stereocenters. The highest BCUT2D eigenvalue weighted by atomic mass is 32.1. The van der Waals surface area contributed by atoms with Gasteiger partial charge in [0.25, 0.3) is 11.8 Å². The molecule has 0 bridgehead atoms. The summed E-state index contributed by atoms with van der Waals surface area (Å²) >= 11 is 1.39. The average Bonchev–Trinajstić information content (AvgIpc) is 3.36. The molecule has 2 fully saturated rings. The molecule has 2 aliphatic heterocycles. The van der Waals surface area contributed by atoms with E-state index >= 15 is 0 Å². The van der Waals surface area contributed by atoms with Crippen LogP contribution in [0.2, 0.25) is 0 Å². The number of carbonyl (C=O) groups excluding carboxylic acids is 2. The van der Waals surface area contributed by atoms with E-state index in [0.29, 0.717) is 24.1 Å². The molecule has 150 valence electrons. The number of aryl methyl sites for hydroxylation is 1. The van der Waals surface area contributed by atoms with Crippen LogP contribution in [0.5, 0.6) is 0 Å². The first-order valence-electron chi connectivity index (χ1n) is 9.88. The highest BCUT2D eigenvalue weighted by Gasteiger charge is 2.37. The number of piperazine rings is 1. The Kier molecular flexibility index (Phi) is 4.60. The lowest BCUT2D eigenvalue weighted by Crippen LogP contribution is -2.64. The lowest BCUT2D eigenvalue weighted by molar-refractivity contribution is 0.00863. The van der Waals surface area contributed by atoms with Crippen molar-refractivity contribution in [3.63, 3.8) is 0 Å². The summed E-state index contributed by atoms with van der Waals surface area (Å²) in [5, 5.41) is 3.41. The van der Waals surface area contributed by atoms with Crippen LogP contribution in [-0.2, 0) is 7.05 Å². The van der Waals surface area contributed by atoms with E-state index in [-0.39, 0.29) is 11.8 Å². The molecule has 3 aromatic rings. The van der Waals surface area contributed by atoms with Gasteiger partial charge in [0.1, 0.15) is 0 Å². The van der Waals surface area contributed by atoms with E-state index in [1.165, 1.54) is 11.3 Å². The third kappa shape index (κ3) is 3.22. The van der Waals surface area contributed by atoms with E-state index in [9.17, 15) is 9.59 Å². The number of para-hydroxylation sites is 1. The number of hydrogen-bond donors (Lipinski definition) is 0. The fraction of sp³-hybridized carbons (Fsp3) is 0.381. The smallest absolute Gasteiger partial charge is 0.282 e. The monoisotopic (exact) mass is 409 g/mol. The Morgan fingerprint density at radius 1 is 1.03 bits per heavy atom. The standard InChI is InChI=1S/C21H23N5O2S/c1-23-14-17(16-4-2-3-5-18(16)23)20(27)26-12-15(13-26)24-7-9-25(10-8-24)21(28)19-22-6-11-29-19/h2-6,11,14-15H,7-10,12-13H2,1H3. The second kappa shape index (κ2) is 7.27. The van der Waals surface area contributed by atoms with Crippen molar-refractivity contribution in [1.82, 2.24) is 24.3 Å². The Hall–Kier alpha value is -2.71. The Morgan fingerprint density at radius 3 is 2.52 bits per heavy atom. The summed E-state index contributed by atoms with van der Waals surface area (Å²) < 4.78 is 2.01. The summed E-state index contributed by atoms with van der Waals surface area (Å²) in [6.45, 7) is 4.62. The number of benzene rings is 1. The van der Waals surface area contributed by atoms with E-state index in [4.69, 9.17) is 0 Å². The van der Waals surface area contributed by atoms with Gasteiger partial charge in [-0.3, -0.25) is 14.5 Å². The topological polar surface area (TPSA) is 61.7 Å². The molecule has 4 heterocycles. The first kappa shape index (κ1) is 18.3. The SMILES string of the molecule is Cn1cc(C(=O)N2CC(N3CCN(C(=O)c4nccs4)CC3)C2)c2ccccc21. The Morgan fingerprint density at radius 2 is 1.79 bits per heavy atom. The minimum Gasteiger partial charge on any atom is -0.350 e. The quantitative estimate of drug-likeness (QED) is 0.663. The Labute approximate surface area is 173 Å². The van der Waals surface area contributed by atoms with Crippen molar-refractivity contribution < 1.29 is 9.59 Å². The van der Waals surface area contributed by atoms with Gasteiger partial charge in [-0.15, -0.1) is 11.3 Å². The van der Waals surface area contributed by atoms with Gasteiger partial charge in [0.05, 0.1) is 5.56 Å². The molecule has 1 aromatic carbocycles. The van der Waals surface area contributed by atoms with Gasteiger partial charge in [0, 0.05) is 81.0 Å². The van der Waals surface area contributed by atoms with Gasteiger partial charge in [-0.1, -0.05) is 18.2 Å². The average molecular weight is 410 g/mol. The first-order chi connectivity index (χ1) is 14.1.